The first kappa shape index (κ1) is 18.6. The molecule has 3 N–H and O–H groups in total. The van der Waals surface area contributed by atoms with Gasteiger partial charge >= 0.3 is 0 Å². The van der Waals surface area contributed by atoms with Crippen LogP contribution in [-0.4, -0.2) is 35.2 Å². The molecule has 2 aromatic rings. The second-order valence-electron chi connectivity index (χ2n) is 4.77. The summed E-state index contributed by atoms with van der Waals surface area (Å²) in [7, 11) is 0. The number of nitrogens with zero attached hydrogens (tertiary/aromatic N) is 2. The minimum atomic E-state index is -0.0634. The highest BCUT2D eigenvalue weighted by Crippen LogP contribution is 2.28. The van der Waals surface area contributed by atoms with Crippen molar-refractivity contribution >= 4 is 58.3 Å². The molecule has 0 radical (unpaired) electrons. The molecule has 0 bridgehead atoms. The number of halogens is 2. The van der Waals surface area contributed by atoms with Crippen molar-refractivity contribution < 1.29 is 4.79 Å². The second-order valence-corrected chi connectivity index (χ2v) is 6.44. The number of carbonyl (C=O) groups is 1. The Balaban J connectivity index is 2.09. The maximum Gasteiger partial charge on any atom is 0.229 e. The first-order chi connectivity index (χ1) is 11.5. The van der Waals surface area contributed by atoms with Crippen LogP contribution < -0.4 is 16.0 Å². The van der Waals surface area contributed by atoms with Gasteiger partial charge in [-0.1, -0.05) is 23.2 Å². The Bertz CT molecular complexity index is 729. The topological polar surface area (TPSA) is 78.9 Å². The van der Waals surface area contributed by atoms with Crippen LogP contribution in [0.3, 0.4) is 0 Å². The molecule has 1 aromatic carbocycles. The molecule has 9 heteroatoms. The molecule has 1 amide bonds. The minimum Gasteiger partial charge on any atom is -0.367 e. The van der Waals surface area contributed by atoms with E-state index in [1.54, 1.807) is 24.4 Å². The van der Waals surface area contributed by atoms with Crippen molar-refractivity contribution in [2.75, 3.05) is 30.0 Å². The average molecular weight is 386 g/mol. The van der Waals surface area contributed by atoms with Gasteiger partial charge in [0.1, 0.15) is 5.82 Å². The molecule has 0 aliphatic carbocycles. The highest BCUT2D eigenvalue weighted by molar-refractivity contribution is 7.98. The van der Waals surface area contributed by atoms with Crippen molar-refractivity contribution in [1.82, 2.24) is 15.3 Å². The number of amides is 1. The third-order valence-electron chi connectivity index (χ3n) is 2.94. The van der Waals surface area contributed by atoms with Crippen molar-refractivity contribution in [1.29, 1.82) is 0 Å². The molecule has 0 atom stereocenters. The van der Waals surface area contributed by atoms with Crippen molar-refractivity contribution in [2.45, 2.75) is 11.8 Å². The van der Waals surface area contributed by atoms with Gasteiger partial charge in [0.05, 0.1) is 14.9 Å². The molecule has 0 saturated heterocycles. The summed E-state index contributed by atoms with van der Waals surface area (Å²) in [6.45, 7) is 2.57. The first-order valence-corrected chi connectivity index (χ1v) is 9.09. The zero-order valence-corrected chi connectivity index (χ0v) is 15.5. The standard InChI is InChI=1S/C15H17Cl2N5OS/c1-9(23)18-5-6-19-14-13(24-2)8-20-15(22-14)21-10-3-4-11(16)12(17)7-10/h3-4,7-8H,5-6H2,1-2H3,(H,18,23)(H2,19,20,21,22). The predicted molar refractivity (Wildman–Crippen MR) is 101 cm³/mol. The van der Waals surface area contributed by atoms with Crippen LogP contribution in [0.25, 0.3) is 0 Å². The molecule has 6 nitrogen and oxygen atoms in total. The van der Waals surface area contributed by atoms with Crippen LogP contribution in [0.15, 0.2) is 29.3 Å². The molecular weight excluding hydrogens is 369 g/mol. The predicted octanol–water partition coefficient (Wildman–Crippen LogP) is 3.80. The number of anilines is 3. The fourth-order valence-corrected chi connectivity index (χ4v) is 2.60. The summed E-state index contributed by atoms with van der Waals surface area (Å²) in [6, 6.07) is 5.21. The third kappa shape index (κ3) is 5.43. The monoisotopic (exact) mass is 385 g/mol. The van der Waals surface area contributed by atoms with Crippen LogP contribution in [0.2, 0.25) is 10.0 Å². The maximum absolute atomic E-state index is 10.9. The van der Waals surface area contributed by atoms with Crippen LogP contribution in [-0.2, 0) is 4.79 Å². The Kier molecular flexibility index (Phi) is 6.96. The number of hydrogen-bond donors (Lipinski definition) is 3. The Labute approximate surface area is 154 Å². The summed E-state index contributed by atoms with van der Waals surface area (Å²) in [5, 5.41) is 9.95. The van der Waals surface area contributed by atoms with Gasteiger partial charge < -0.3 is 16.0 Å². The van der Waals surface area contributed by atoms with Gasteiger partial charge in [-0.3, -0.25) is 4.79 Å². The summed E-state index contributed by atoms with van der Waals surface area (Å²) in [4.78, 5) is 20.6. The van der Waals surface area contributed by atoms with Gasteiger partial charge in [0, 0.05) is 31.9 Å². The van der Waals surface area contributed by atoms with E-state index in [9.17, 15) is 4.79 Å². The van der Waals surface area contributed by atoms with Crippen molar-refractivity contribution in [3.05, 3.63) is 34.4 Å². The van der Waals surface area contributed by atoms with E-state index in [0.29, 0.717) is 34.9 Å². The number of thioether (sulfide) groups is 1. The molecule has 2 rings (SSSR count). The fraction of sp³-hybridized carbons (Fsp3) is 0.267. The number of aromatic nitrogens is 2. The summed E-state index contributed by atoms with van der Waals surface area (Å²) in [5.41, 5.74) is 0.741. The van der Waals surface area contributed by atoms with Gasteiger partial charge in [0.25, 0.3) is 0 Å². The zero-order chi connectivity index (χ0) is 17.5. The maximum atomic E-state index is 10.9. The van der Waals surface area contributed by atoms with E-state index in [4.69, 9.17) is 23.2 Å². The lowest BCUT2D eigenvalue weighted by molar-refractivity contribution is -0.118. The van der Waals surface area contributed by atoms with Crippen molar-refractivity contribution in [3.63, 3.8) is 0 Å². The summed E-state index contributed by atoms with van der Waals surface area (Å²) < 4.78 is 0. The Morgan fingerprint density at radius 3 is 2.71 bits per heavy atom. The second kappa shape index (κ2) is 8.96. The summed E-state index contributed by atoms with van der Waals surface area (Å²) >= 11 is 13.5. The lowest BCUT2D eigenvalue weighted by Gasteiger charge is -2.12. The third-order valence-corrected chi connectivity index (χ3v) is 4.42. The molecule has 0 saturated carbocycles. The molecule has 0 aliphatic rings. The summed E-state index contributed by atoms with van der Waals surface area (Å²) in [6.07, 6.45) is 3.68. The first-order valence-electron chi connectivity index (χ1n) is 7.11. The molecule has 0 fully saturated rings. The van der Waals surface area contributed by atoms with E-state index >= 15 is 0 Å². The Morgan fingerprint density at radius 1 is 1.25 bits per heavy atom. The van der Waals surface area contributed by atoms with Crippen molar-refractivity contribution in [3.8, 4) is 0 Å². The van der Waals surface area contributed by atoms with Gasteiger partial charge in [-0.25, -0.2) is 4.98 Å². The van der Waals surface area contributed by atoms with Gasteiger partial charge in [-0.05, 0) is 24.5 Å². The summed E-state index contributed by atoms with van der Waals surface area (Å²) in [5.74, 6) is 1.07. The van der Waals surface area contributed by atoms with E-state index in [-0.39, 0.29) is 5.91 Å². The van der Waals surface area contributed by atoms with E-state index in [1.165, 1.54) is 18.7 Å². The van der Waals surface area contributed by atoms with Crippen LogP contribution >= 0.6 is 35.0 Å². The Hall–Kier alpha value is -1.70. The minimum absolute atomic E-state index is 0.0634. The average Bonchev–Trinajstić information content (AvgIpc) is 2.55. The number of benzene rings is 1. The molecule has 0 spiro atoms. The van der Waals surface area contributed by atoms with Crippen LogP contribution in [0.1, 0.15) is 6.92 Å². The number of nitrogens with one attached hydrogen (secondary N) is 3. The van der Waals surface area contributed by atoms with Gasteiger partial charge in [-0.2, -0.15) is 4.98 Å². The smallest absolute Gasteiger partial charge is 0.229 e. The van der Waals surface area contributed by atoms with E-state index in [2.05, 4.69) is 25.9 Å². The fourth-order valence-electron chi connectivity index (χ4n) is 1.83. The largest absolute Gasteiger partial charge is 0.367 e. The molecule has 0 unspecified atom stereocenters. The quantitative estimate of drug-likeness (QED) is 0.496. The van der Waals surface area contributed by atoms with E-state index < -0.39 is 0 Å². The molecule has 1 heterocycles. The molecule has 0 aliphatic heterocycles. The van der Waals surface area contributed by atoms with Crippen molar-refractivity contribution in [2.24, 2.45) is 0 Å². The molecular formula is C15H17Cl2N5OS. The highest BCUT2D eigenvalue weighted by Gasteiger charge is 2.07. The number of hydrogen-bond acceptors (Lipinski definition) is 6. The lowest BCUT2D eigenvalue weighted by atomic mass is 10.3. The van der Waals surface area contributed by atoms with Gasteiger partial charge in [0.15, 0.2) is 0 Å². The van der Waals surface area contributed by atoms with E-state index in [0.717, 1.165) is 10.6 Å². The number of rotatable bonds is 7. The lowest BCUT2D eigenvalue weighted by Crippen LogP contribution is -2.26. The zero-order valence-electron chi connectivity index (χ0n) is 13.2. The Morgan fingerprint density at radius 2 is 2.04 bits per heavy atom. The molecule has 128 valence electrons. The molecule has 24 heavy (non-hydrogen) atoms. The SMILES string of the molecule is CSc1cnc(Nc2ccc(Cl)c(Cl)c2)nc1NCCNC(C)=O. The highest BCUT2D eigenvalue weighted by atomic mass is 35.5. The van der Waals surface area contributed by atoms with Gasteiger partial charge in [0.2, 0.25) is 11.9 Å². The van der Waals surface area contributed by atoms with Crippen LogP contribution in [0.4, 0.5) is 17.5 Å². The van der Waals surface area contributed by atoms with Crippen LogP contribution in [0, 0.1) is 0 Å². The molecule has 1 aromatic heterocycles. The normalized spacial score (nSPS) is 10.3. The number of carbonyl (C=O) groups excluding carboxylic acids is 1. The van der Waals surface area contributed by atoms with Gasteiger partial charge in [-0.15, -0.1) is 11.8 Å². The van der Waals surface area contributed by atoms with Crippen LogP contribution in [0.5, 0.6) is 0 Å². The van der Waals surface area contributed by atoms with E-state index in [1.807, 2.05) is 6.26 Å².